The molecule has 0 saturated heterocycles. The van der Waals surface area contributed by atoms with Crippen LogP contribution in [0.2, 0.25) is 5.02 Å². The molecule has 1 aromatic carbocycles. The average Bonchev–Trinajstić information content (AvgIpc) is 2.96. The summed E-state index contributed by atoms with van der Waals surface area (Å²) in [5, 5.41) is 5.44. The predicted molar refractivity (Wildman–Crippen MR) is 93.8 cm³/mol. The Morgan fingerprint density at radius 1 is 1.28 bits per heavy atom. The fourth-order valence-corrected chi connectivity index (χ4v) is 3.11. The SMILES string of the molecule is CC(C)(C)OC(=O)NC1(C(=O)NCc2cccc(Cl)c2F)CCCC1. The molecule has 0 radical (unpaired) electrons. The highest BCUT2D eigenvalue weighted by Crippen LogP contribution is 2.30. The number of carbonyl (C=O) groups excluding carboxylic acids is 2. The fourth-order valence-electron chi connectivity index (χ4n) is 2.92. The van der Waals surface area contributed by atoms with Crippen LogP contribution in [0.25, 0.3) is 0 Å². The maximum atomic E-state index is 13.9. The number of rotatable bonds is 4. The van der Waals surface area contributed by atoms with E-state index < -0.39 is 23.1 Å². The molecule has 1 aliphatic carbocycles. The minimum Gasteiger partial charge on any atom is -0.444 e. The summed E-state index contributed by atoms with van der Waals surface area (Å²) in [7, 11) is 0. The summed E-state index contributed by atoms with van der Waals surface area (Å²) in [6.45, 7) is 5.28. The van der Waals surface area contributed by atoms with Crippen LogP contribution in [0.4, 0.5) is 9.18 Å². The van der Waals surface area contributed by atoms with Crippen molar-refractivity contribution in [2.75, 3.05) is 0 Å². The number of benzene rings is 1. The average molecular weight is 371 g/mol. The van der Waals surface area contributed by atoms with Gasteiger partial charge in [0, 0.05) is 12.1 Å². The Hall–Kier alpha value is -1.82. The number of halogens is 2. The molecular formula is C18H24ClFN2O3. The van der Waals surface area contributed by atoms with Gasteiger partial charge < -0.3 is 15.4 Å². The Morgan fingerprint density at radius 2 is 1.92 bits per heavy atom. The Bertz CT molecular complexity index is 652. The van der Waals surface area contributed by atoms with Gasteiger partial charge in [0.1, 0.15) is 17.0 Å². The first-order valence-corrected chi connectivity index (χ1v) is 8.73. The van der Waals surface area contributed by atoms with Crippen molar-refractivity contribution >= 4 is 23.6 Å². The molecule has 0 unspecified atom stereocenters. The first-order valence-electron chi connectivity index (χ1n) is 8.35. The van der Waals surface area contributed by atoms with E-state index in [1.165, 1.54) is 6.07 Å². The van der Waals surface area contributed by atoms with Crippen LogP contribution in [0.3, 0.4) is 0 Å². The molecule has 0 aliphatic heterocycles. The summed E-state index contributed by atoms with van der Waals surface area (Å²) in [4.78, 5) is 24.8. The van der Waals surface area contributed by atoms with Crippen molar-refractivity contribution in [1.29, 1.82) is 0 Å². The highest BCUT2D eigenvalue weighted by molar-refractivity contribution is 6.30. The quantitative estimate of drug-likeness (QED) is 0.843. The number of amides is 2. The second-order valence-corrected chi connectivity index (χ2v) is 7.72. The summed E-state index contributed by atoms with van der Waals surface area (Å²) in [6.07, 6.45) is 2.08. The molecule has 2 rings (SSSR count). The molecule has 0 atom stereocenters. The van der Waals surface area contributed by atoms with Gasteiger partial charge in [-0.15, -0.1) is 0 Å². The van der Waals surface area contributed by atoms with Crippen LogP contribution in [0.1, 0.15) is 52.0 Å². The molecule has 0 aromatic heterocycles. The lowest BCUT2D eigenvalue weighted by molar-refractivity contribution is -0.127. The predicted octanol–water partition coefficient (Wildman–Crippen LogP) is 3.93. The molecule has 7 heteroatoms. The van der Waals surface area contributed by atoms with Gasteiger partial charge in [-0.05, 0) is 39.7 Å². The number of hydrogen-bond acceptors (Lipinski definition) is 3. The zero-order chi connectivity index (χ0) is 18.7. The summed E-state index contributed by atoms with van der Waals surface area (Å²) < 4.78 is 19.2. The van der Waals surface area contributed by atoms with Gasteiger partial charge in [0.05, 0.1) is 5.02 Å². The van der Waals surface area contributed by atoms with Crippen molar-refractivity contribution in [3.05, 3.63) is 34.6 Å². The number of carbonyl (C=O) groups is 2. The highest BCUT2D eigenvalue weighted by atomic mass is 35.5. The van der Waals surface area contributed by atoms with E-state index in [9.17, 15) is 14.0 Å². The second kappa shape index (κ2) is 7.60. The lowest BCUT2D eigenvalue weighted by Crippen LogP contribution is -2.57. The van der Waals surface area contributed by atoms with Crippen molar-refractivity contribution in [3.63, 3.8) is 0 Å². The zero-order valence-corrected chi connectivity index (χ0v) is 15.5. The molecule has 1 fully saturated rings. The van der Waals surface area contributed by atoms with E-state index in [1.807, 2.05) is 0 Å². The smallest absolute Gasteiger partial charge is 0.408 e. The van der Waals surface area contributed by atoms with E-state index in [2.05, 4.69) is 10.6 Å². The first-order chi connectivity index (χ1) is 11.6. The van der Waals surface area contributed by atoms with Crippen LogP contribution in [0, 0.1) is 5.82 Å². The molecule has 0 bridgehead atoms. The van der Waals surface area contributed by atoms with Gasteiger partial charge in [-0.3, -0.25) is 4.79 Å². The van der Waals surface area contributed by atoms with E-state index in [1.54, 1.807) is 32.9 Å². The van der Waals surface area contributed by atoms with E-state index in [4.69, 9.17) is 16.3 Å². The van der Waals surface area contributed by atoms with Crippen LogP contribution < -0.4 is 10.6 Å². The van der Waals surface area contributed by atoms with Crippen LogP contribution >= 0.6 is 11.6 Å². The van der Waals surface area contributed by atoms with Crippen LogP contribution in [-0.4, -0.2) is 23.1 Å². The summed E-state index contributed by atoms with van der Waals surface area (Å²) in [5.41, 5.74) is -1.37. The standard InChI is InChI=1S/C18H24ClFN2O3/c1-17(2,3)25-16(24)22-18(9-4-5-10-18)15(23)21-11-12-7-6-8-13(19)14(12)20/h6-8H,4-5,9-11H2,1-3H3,(H,21,23)(H,22,24). The second-order valence-electron chi connectivity index (χ2n) is 7.31. The minimum atomic E-state index is -1.02. The van der Waals surface area contributed by atoms with Crippen molar-refractivity contribution in [2.45, 2.75) is 64.1 Å². The lowest BCUT2D eigenvalue weighted by Gasteiger charge is -2.30. The summed E-state index contributed by atoms with van der Waals surface area (Å²) in [6, 6.07) is 4.63. The highest BCUT2D eigenvalue weighted by Gasteiger charge is 2.43. The summed E-state index contributed by atoms with van der Waals surface area (Å²) in [5.74, 6) is -0.889. The maximum absolute atomic E-state index is 13.9. The molecule has 1 aliphatic rings. The molecule has 1 aromatic rings. The fraction of sp³-hybridized carbons (Fsp3) is 0.556. The van der Waals surface area contributed by atoms with Crippen LogP contribution in [0.5, 0.6) is 0 Å². The molecule has 2 N–H and O–H groups in total. The van der Waals surface area contributed by atoms with Crippen molar-refractivity contribution in [2.24, 2.45) is 0 Å². The van der Waals surface area contributed by atoms with Gasteiger partial charge in [-0.25, -0.2) is 9.18 Å². The third kappa shape index (κ3) is 5.08. The molecular weight excluding hydrogens is 347 g/mol. The van der Waals surface area contributed by atoms with Gasteiger partial charge in [0.2, 0.25) is 5.91 Å². The topological polar surface area (TPSA) is 67.4 Å². The number of nitrogens with one attached hydrogen (secondary N) is 2. The lowest BCUT2D eigenvalue weighted by atomic mass is 9.96. The van der Waals surface area contributed by atoms with E-state index >= 15 is 0 Å². The Balaban J connectivity index is 2.05. The van der Waals surface area contributed by atoms with E-state index in [0.717, 1.165) is 12.8 Å². The van der Waals surface area contributed by atoms with Crippen LogP contribution in [-0.2, 0) is 16.1 Å². The first kappa shape index (κ1) is 19.5. The van der Waals surface area contributed by atoms with Crippen LogP contribution in [0.15, 0.2) is 18.2 Å². The molecule has 138 valence electrons. The third-order valence-electron chi connectivity index (χ3n) is 4.10. The molecule has 1 saturated carbocycles. The summed E-state index contributed by atoms with van der Waals surface area (Å²) >= 11 is 5.75. The van der Waals surface area contributed by atoms with Gasteiger partial charge in [-0.1, -0.05) is 36.6 Å². The number of hydrogen-bond donors (Lipinski definition) is 2. The zero-order valence-electron chi connectivity index (χ0n) is 14.7. The normalized spacial score (nSPS) is 16.4. The third-order valence-corrected chi connectivity index (χ3v) is 4.39. The van der Waals surface area contributed by atoms with Gasteiger partial charge in [-0.2, -0.15) is 0 Å². The van der Waals surface area contributed by atoms with E-state index in [0.29, 0.717) is 18.4 Å². The Kier molecular flexibility index (Phi) is 5.93. The van der Waals surface area contributed by atoms with Crippen molar-refractivity contribution in [1.82, 2.24) is 10.6 Å². The van der Waals surface area contributed by atoms with Gasteiger partial charge in [0.25, 0.3) is 0 Å². The number of ether oxygens (including phenoxy) is 1. The maximum Gasteiger partial charge on any atom is 0.408 e. The Morgan fingerprint density at radius 3 is 2.52 bits per heavy atom. The largest absolute Gasteiger partial charge is 0.444 e. The molecule has 2 amide bonds. The molecule has 25 heavy (non-hydrogen) atoms. The molecule has 5 nitrogen and oxygen atoms in total. The Labute approximate surface area is 152 Å². The molecule has 0 spiro atoms. The molecule has 0 heterocycles. The monoisotopic (exact) mass is 370 g/mol. The van der Waals surface area contributed by atoms with Crippen molar-refractivity contribution < 1.29 is 18.7 Å². The van der Waals surface area contributed by atoms with E-state index in [-0.39, 0.29) is 17.5 Å². The minimum absolute atomic E-state index is 0.00295. The number of alkyl carbamates (subject to hydrolysis) is 1. The van der Waals surface area contributed by atoms with Gasteiger partial charge in [0.15, 0.2) is 0 Å². The van der Waals surface area contributed by atoms with Crippen molar-refractivity contribution in [3.8, 4) is 0 Å². The van der Waals surface area contributed by atoms with Gasteiger partial charge >= 0.3 is 6.09 Å².